The summed E-state index contributed by atoms with van der Waals surface area (Å²) < 4.78 is 5.65. The summed E-state index contributed by atoms with van der Waals surface area (Å²) in [6, 6.07) is 11.0. The summed E-state index contributed by atoms with van der Waals surface area (Å²) in [5.41, 5.74) is 1.37. The Hall–Kier alpha value is -2.20. The molecule has 1 aromatic carbocycles. The number of hydrogen-bond acceptors (Lipinski definition) is 7. The molecule has 1 aromatic rings. The molecule has 3 fully saturated rings. The number of nitrogens with zero attached hydrogens (tertiary/aromatic N) is 5. The zero-order chi connectivity index (χ0) is 23.9. The van der Waals surface area contributed by atoms with Crippen LogP contribution in [0.5, 0.6) is 0 Å². The quantitative estimate of drug-likeness (QED) is 0.547. The molecule has 188 valence electrons. The number of carbonyl (C=O) groups is 2. The van der Waals surface area contributed by atoms with E-state index < -0.39 is 5.97 Å². The summed E-state index contributed by atoms with van der Waals surface area (Å²) >= 11 is 0. The molecule has 9 heteroatoms. The van der Waals surface area contributed by atoms with E-state index in [1.165, 1.54) is 5.56 Å². The molecule has 3 aliphatic heterocycles. The highest BCUT2D eigenvalue weighted by molar-refractivity contribution is 5.69. The zero-order valence-electron chi connectivity index (χ0n) is 20.3. The maximum Gasteiger partial charge on any atom is 0.411 e. The Morgan fingerprint density at radius 3 is 2.35 bits per heavy atom. The molecule has 3 aliphatic rings. The smallest absolute Gasteiger partial charge is 0.411 e. The first-order chi connectivity index (χ1) is 16.5. The van der Waals surface area contributed by atoms with Crippen molar-refractivity contribution >= 4 is 12.1 Å². The summed E-state index contributed by atoms with van der Waals surface area (Å²) in [5, 5.41) is 8.97. The van der Waals surface area contributed by atoms with Crippen LogP contribution in [-0.2, 0) is 16.1 Å². The van der Waals surface area contributed by atoms with Gasteiger partial charge in [0.2, 0.25) is 0 Å². The van der Waals surface area contributed by atoms with Gasteiger partial charge >= 0.3 is 12.1 Å². The number of carbonyl (C=O) groups excluding carboxylic acids is 1. The lowest BCUT2D eigenvalue weighted by atomic mass is 10.1. The maximum absolute atomic E-state index is 12.0. The standard InChI is InChI=1S/C25H39N5O4/c1-26-20-23(34-25(26)33)30-17-16-28(10-5-8-24(31)32)19-22(30)9-11-27-12-14-29(15-13-27)18-21-6-3-2-4-7-21/h2-4,6-7,22-23H,5,8-20H2,1H3,(H,31,32). The van der Waals surface area contributed by atoms with Crippen molar-refractivity contribution in [2.45, 2.75) is 38.1 Å². The molecule has 2 atom stereocenters. The molecule has 34 heavy (non-hydrogen) atoms. The van der Waals surface area contributed by atoms with Crippen molar-refractivity contribution in [3.8, 4) is 0 Å². The van der Waals surface area contributed by atoms with Gasteiger partial charge in [-0.05, 0) is 31.5 Å². The minimum atomic E-state index is -0.734. The third kappa shape index (κ3) is 6.91. The number of amides is 1. The molecule has 0 radical (unpaired) electrons. The number of rotatable bonds is 10. The van der Waals surface area contributed by atoms with E-state index in [0.717, 1.165) is 71.9 Å². The molecule has 3 saturated heterocycles. The molecule has 2 unspecified atom stereocenters. The molecule has 4 rings (SSSR count). The summed E-state index contributed by atoms with van der Waals surface area (Å²) in [4.78, 5) is 34.3. The van der Waals surface area contributed by atoms with Gasteiger partial charge in [0.15, 0.2) is 6.23 Å². The van der Waals surface area contributed by atoms with E-state index in [2.05, 4.69) is 49.9 Å². The Balaban J connectivity index is 1.27. The number of hydrogen-bond donors (Lipinski definition) is 1. The highest BCUT2D eigenvalue weighted by Gasteiger charge is 2.39. The van der Waals surface area contributed by atoms with Crippen LogP contribution < -0.4 is 0 Å². The SMILES string of the molecule is CN1CC(N2CCN(CCCC(=O)O)CC2CCN2CCN(Cc3ccccc3)CC2)OC1=O. The third-order valence-corrected chi connectivity index (χ3v) is 7.32. The average molecular weight is 474 g/mol. The van der Waals surface area contributed by atoms with Crippen LogP contribution in [0.4, 0.5) is 4.79 Å². The van der Waals surface area contributed by atoms with Crippen LogP contribution in [0.15, 0.2) is 30.3 Å². The molecule has 0 saturated carbocycles. The number of carboxylic acid groups (broad SMARTS) is 1. The van der Waals surface area contributed by atoms with Gasteiger partial charge in [-0.1, -0.05) is 30.3 Å². The Bertz CT molecular complexity index is 802. The van der Waals surface area contributed by atoms with Crippen molar-refractivity contribution in [1.82, 2.24) is 24.5 Å². The van der Waals surface area contributed by atoms with Crippen LogP contribution in [0.25, 0.3) is 0 Å². The molecule has 3 heterocycles. The fourth-order valence-corrected chi connectivity index (χ4v) is 5.30. The van der Waals surface area contributed by atoms with Crippen LogP contribution >= 0.6 is 0 Å². The van der Waals surface area contributed by atoms with Gasteiger partial charge in [-0.15, -0.1) is 0 Å². The fourth-order valence-electron chi connectivity index (χ4n) is 5.30. The second kappa shape index (κ2) is 12.0. The van der Waals surface area contributed by atoms with Crippen molar-refractivity contribution in [3.63, 3.8) is 0 Å². The maximum atomic E-state index is 12.0. The third-order valence-electron chi connectivity index (χ3n) is 7.32. The number of carboxylic acids is 1. The van der Waals surface area contributed by atoms with Gasteiger partial charge in [0.1, 0.15) is 0 Å². The highest BCUT2D eigenvalue weighted by atomic mass is 16.6. The van der Waals surface area contributed by atoms with Gasteiger partial charge in [0.05, 0.1) is 6.54 Å². The predicted octanol–water partition coefficient (Wildman–Crippen LogP) is 1.45. The van der Waals surface area contributed by atoms with Crippen molar-refractivity contribution in [2.75, 3.05) is 72.5 Å². The first kappa shape index (κ1) is 24.9. The molecule has 0 aliphatic carbocycles. The van der Waals surface area contributed by atoms with Crippen molar-refractivity contribution < 1.29 is 19.4 Å². The van der Waals surface area contributed by atoms with Crippen LogP contribution in [0, 0.1) is 0 Å². The Morgan fingerprint density at radius 1 is 0.971 bits per heavy atom. The van der Waals surface area contributed by atoms with Crippen molar-refractivity contribution in [2.24, 2.45) is 0 Å². The average Bonchev–Trinajstić information content (AvgIpc) is 3.17. The van der Waals surface area contributed by atoms with Gasteiger partial charge in [-0.2, -0.15) is 0 Å². The van der Waals surface area contributed by atoms with E-state index in [9.17, 15) is 9.59 Å². The van der Waals surface area contributed by atoms with E-state index in [0.29, 0.717) is 19.0 Å². The van der Waals surface area contributed by atoms with Crippen molar-refractivity contribution in [3.05, 3.63) is 35.9 Å². The number of aliphatic carboxylic acids is 1. The van der Waals surface area contributed by atoms with Crippen LogP contribution in [0.2, 0.25) is 0 Å². The van der Waals surface area contributed by atoms with Gasteiger partial charge < -0.3 is 24.5 Å². The van der Waals surface area contributed by atoms with E-state index >= 15 is 0 Å². The monoisotopic (exact) mass is 473 g/mol. The number of benzene rings is 1. The Morgan fingerprint density at radius 2 is 1.68 bits per heavy atom. The summed E-state index contributed by atoms with van der Waals surface area (Å²) in [5.74, 6) is -0.734. The molecule has 0 aromatic heterocycles. The summed E-state index contributed by atoms with van der Waals surface area (Å²) in [6.45, 7) is 10.4. The highest BCUT2D eigenvalue weighted by Crippen LogP contribution is 2.22. The fraction of sp³-hybridized carbons (Fsp3) is 0.680. The molecule has 1 N–H and O–H groups in total. The van der Waals surface area contributed by atoms with E-state index in [4.69, 9.17) is 9.84 Å². The lowest BCUT2D eigenvalue weighted by molar-refractivity contribution is -0.137. The van der Waals surface area contributed by atoms with Gasteiger partial charge in [-0.25, -0.2) is 4.79 Å². The normalized spacial score (nSPS) is 25.6. The van der Waals surface area contributed by atoms with E-state index in [1.54, 1.807) is 11.9 Å². The molecular formula is C25H39N5O4. The van der Waals surface area contributed by atoms with Crippen LogP contribution in [-0.4, -0.2) is 126 Å². The minimum absolute atomic E-state index is 0.189. The predicted molar refractivity (Wildman–Crippen MR) is 129 cm³/mol. The molecule has 9 nitrogen and oxygen atoms in total. The van der Waals surface area contributed by atoms with Crippen LogP contribution in [0.3, 0.4) is 0 Å². The lowest BCUT2D eigenvalue weighted by Gasteiger charge is -2.44. The van der Waals surface area contributed by atoms with E-state index in [1.807, 2.05) is 0 Å². The second-order valence-corrected chi connectivity index (χ2v) is 9.80. The second-order valence-electron chi connectivity index (χ2n) is 9.80. The molecule has 1 amide bonds. The Kier molecular flexibility index (Phi) is 8.77. The number of piperazine rings is 2. The van der Waals surface area contributed by atoms with E-state index in [-0.39, 0.29) is 18.7 Å². The van der Waals surface area contributed by atoms with Gasteiger partial charge in [0.25, 0.3) is 0 Å². The Labute approximate surface area is 202 Å². The number of cyclic esters (lactones) is 1. The molecule has 0 bridgehead atoms. The number of likely N-dealkylation sites (N-methyl/N-ethyl adjacent to an activating group) is 1. The summed E-state index contributed by atoms with van der Waals surface area (Å²) in [6.07, 6.45) is 1.47. The minimum Gasteiger partial charge on any atom is -0.481 e. The molecular weight excluding hydrogens is 434 g/mol. The van der Waals surface area contributed by atoms with Crippen LogP contribution in [0.1, 0.15) is 24.8 Å². The topological polar surface area (TPSA) is 79.8 Å². The van der Waals surface area contributed by atoms with Gasteiger partial charge in [0, 0.05) is 71.9 Å². The lowest BCUT2D eigenvalue weighted by Crippen LogP contribution is -2.58. The molecule has 0 spiro atoms. The van der Waals surface area contributed by atoms with Gasteiger partial charge in [-0.3, -0.25) is 14.6 Å². The van der Waals surface area contributed by atoms with Crippen molar-refractivity contribution in [1.29, 1.82) is 0 Å². The zero-order valence-corrected chi connectivity index (χ0v) is 20.3. The first-order valence-electron chi connectivity index (χ1n) is 12.6. The summed E-state index contributed by atoms with van der Waals surface area (Å²) in [7, 11) is 1.79. The largest absolute Gasteiger partial charge is 0.481 e. The first-order valence-corrected chi connectivity index (χ1v) is 12.6. The number of ether oxygens (including phenoxy) is 1.